The second-order valence-corrected chi connectivity index (χ2v) is 14.6. The van der Waals surface area contributed by atoms with Crippen LogP contribution in [0.4, 0.5) is 0 Å². The third-order valence-electron chi connectivity index (χ3n) is 11.6. The van der Waals surface area contributed by atoms with E-state index >= 15 is 0 Å². The Morgan fingerprint density at radius 2 is 0.911 bits per heavy atom. The minimum atomic E-state index is 0.859. The fourth-order valence-corrected chi connectivity index (χ4v) is 9.05. The lowest BCUT2D eigenvalue weighted by Crippen LogP contribution is -2.04. The summed E-state index contributed by atoms with van der Waals surface area (Å²) in [7, 11) is 0. The maximum absolute atomic E-state index is 5.61. The number of pyridine rings is 2. The van der Waals surface area contributed by atoms with E-state index in [1.807, 2.05) is 24.8 Å². The van der Waals surface area contributed by atoms with Gasteiger partial charge in [0, 0.05) is 61.8 Å². The Kier molecular flexibility index (Phi) is 6.65. The summed E-state index contributed by atoms with van der Waals surface area (Å²) in [5.41, 5.74) is 14.8. The molecule has 0 atom stereocenters. The molecule has 0 N–H and O–H groups in total. The van der Waals surface area contributed by atoms with Crippen LogP contribution >= 0.6 is 0 Å². The van der Waals surface area contributed by atoms with Gasteiger partial charge >= 0.3 is 0 Å². The van der Waals surface area contributed by atoms with Gasteiger partial charge < -0.3 is 9.13 Å². The van der Waals surface area contributed by atoms with Crippen molar-refractivity contribution >= 4 is 71.5 Å². The summed E-state index contributed by atoms with van der Waals surface area (Å²) in [6, 6.07) is 47.5. The summed E-state index contributed by atoms with van der Waals surface area (Å²) in [4.78, 5) is 20.2. The van der Waals surface area contributed by atoms with Gasteiger partial charge in [-0.25, -0.2) is 9.97 Å². The van der Waals surface area contributed by atoms with Crippen molar-refractivity contribution in [1.82, 2.24) is 29.1 Å². The molecule has 11 aromatic rings. The van der Waals surface area contributed by atoms with Crippen molar-refractivity contribution in [2.45, 2.75) is 12.8 Å². The van der Waals surface area contributed by atoms with Gasteiger partial charge in [0.05, 0.1) is 56.9 Å². The number of aryl methyl sites for hydroxylation is 1. The van der Waals surface area contributed by atoms with Crippen LogP contribution in [0.1, 0.15) is 17.5 Å². The molecule has 262 valence electrons. The molecular formula is C50H32N6. The largest absolute Gasteiger partial charge is 0.308 e. The molecule has 0 unspecified atom stereocenters. The van der Waals surface area contributed by atoms with Gasteiger partial charge in [0.15, 0.2) is 0 Å². The van der Waals surface area contributed by atoms with Crippen molar-refractivity contribution in [1.29, 1.82) is 0 Å². The highest BCUT2D eigenvalue weighted by atomic mass is 15.0. The monoisotopic (exact) mass is 716 g/mol. The number of nitrogens with zero attached hydrogens (tertiary/aromatic N) is 6. The zero-order valence-corrected chi connectivity index (χ0v) is 30.3. The van der Waals surface area contributed by atoms with Gasteiger partial charge in [-0.2, -0.15) is 0 Å². The molecule has 0 saturated carbocycles. The summed E-state index contributed by atoms with van der Waals surface area (Å²) >= 11 is 0. The number of hydrogen-bond acceptors (Lipinski definition) is 4. The second kappa shape index (κ2) is 12.0. The van der Waals surface area contributed by atoms with Gasteiger partial charge in [0.1, 0.15) is 0 Å². The van der Waals surface area contributed by atoms with E-state index in [1.54, 1.807) is 0 Å². The van der Waals surface area contributed by atoms with Crippen LogP contribution in [0.25, 0.3) is 105 Å². The van der Waals surface area contributed by atoms with Crippen molar-refractivity contribution in [2.24, 2.45) is 0 Å². The highest BCUT2D eigenvalue weighted by Crippen LogP contribution is 2.40. The standard InChI is InChI=1S/C50H32N6/c1-3-13-41-35(9-1)36-10-2-4-14-42(36)50-49(41)53-47(31-17-21-33(22-18-31)55-43-15-7-5-11-37(43)39-25-27-51-29-45(39)55)48(54-50)32-19-23-34(24-20-32)56-44-16-8-6-12-38(44)40-26-28-52-30-46(40)56/h1-3,5-13,15-30H,4,14H2. The van der Waals surface area contributed by atoms with Gasteiger partial charge in [-0.05, 0) is 77.9 Å². The van der Waals surface area contributed by atoms with E-state index in [4.69, 9.17) is 9.97 Å². The Hall–Kier alpha value is -7.44. The first-order valence-corrected chi connectivity index (χ1v) is 19.1. The lowest BCUT2D eigenvalue weighted by Gasteiger charge is -2.19. The molecule has 1 aliphatic rings. The van der Waals surface area contributed by atoms with Gasteiger partial charge in [-0.1, -0.05) is 97.1 Å². The number of benzene rings is 6. The minimum Gasteiger partial charge on any atom is -0.308 e. The molecule has 1 aliphatic carbocycles. The van der Waals surface area contributed by atoms with E-state index in [9.17, 15) is 0 Å². The lowest BCUT2D eigenvalue weighted by molar-refractivity contribution is 0.994. The number of para-hydroxylation sites is 2. The Morgan fingerprint density at radius 3 is 1.48 bits per heavy atom. The van der Waals surface area contributed by atoms with Crippen LogP contribution in [-0.4, -0.2) is 29.1 Å². The first-order chi connectivity index (χ1) is 27.8. The molecule has 12 rings (SSSR count). The zero-order chi connectivity index (χ0) is 36.7. The van der Waals surface area contributed by atoms with E-state index in [0.717, 1.165) is 85.2 Å². The molecule has 6 heteroatoms. The molecule has 0 amide bonds. The fraction of sp³-hybridized carbons (Fsp3) is 0.0400. The van der Waals surface area contributed by atoms with Crippen molar-refractivity contribution in [3.05, 3.63) is 175 Å². The summed E-state index contributed by atoms with van der Waals surface area (Å²) in [5, 5.41) is 7.14. The van der Waals surface area contributed by atoms with Crippen LogP contribution in [0, 0.1) is 0 Å². The van der Waals surface area contributed by atoms with E-state index in [-0.39, 0.29) is 0 Å². The van der Waals surface area contributed by atoms with E-state index < -0.39 is 0 Å². The topological polar surface area (TPSA) is 61.4 Å². The molecule has 5 aromatic heterocycles. The summed E-state index contributed by atoms with van der Waals surface area (Å²) in [5.74, 6) is 0. The molecule has 56 heavy (non-hydrogen) atoms. The van der Waals surface area contributed by atoms with Crippen LogP contribution in [0.3, 0.4) is 0 Å². The minimum absolute atomic E-state index is 0.859. The van der Waals surface area contributed by atoms with Gasteiger partial charge in [-0.3, -0.25) is 9.97 Å². The van der Waals surface area contributed by atoms with E-state index in [2.05, 4.69) is 165 Å². The van der Waals surface area contributed by atoms with Crippen molar-refractivity contribution in [2.75, 3.05) is 0 Å². The summed E-state index contributed by atoms with van der Waals surface area (Å²) < 4.78 is 4.59. The third kappa shape index (κ3) is 4.50. The first kappa shape index (κ1) is 31.0. The van der Waals surface area contributed by atoms with Crippen LogP contribution in [0.2, 0.25) is 0 Å². The Bertz CT molecular complexity index is 3300. The predicted molar refractivity (Wildman–Crippen MR) is 230 cm³/mol. The predicted octanol–water partition coefficient (Wildman–Crippen LogP) is 12.1. The van der Waals surface area contributed by atoms with Gasteiger partial charge in [0.2, 0.25) is 0 Å². The molecule has 0 radical (unpaired) electrons. The average molecular weight is 717 g/mol. The lowest BCUT2D eigenvalue weighted by atomic mass is 9.90. The number of fused-ring (bicyclic) bond motifs is 12. The van der Waals surface area contributed by atoms with Gasteiger partial charge in [-0.15, -0.1) is 0 Å². The van der Waals surface area contributed by atoms with Crippen molar-refractivity contribution in [3.8, 4) is 33.9 Å². The SMILES string of the molecule is C1=Cc2c(c3nc(-c4ccc(-n5c6ccccc6c6ccncc65)cc4)c(-c4ccc(-n5c6ccccc6c6ccncc65)cc4)nc3c3ccccc23)CC1. The van der Waals surface area contributed by atoms with Crippen LogP contribution in [0.15, 0.2) is 164 Å². The van der Waals surface area contributed by atoms with Crippen LogP contribution < -0.4 is 0 Å². The normalized spacial score (nSPS) is 12.8. The molecule has 6 aromatic carbocycles. The summed E-state index contributed by atoms with van der Waals surface area (Å²) in [6.45, 7) is 0. The summed E-state index contributed by atoms with van der Waals surface area (Å²) in [6.07, 6.45) is 14.1. The second-order valence-electron chi connectivity index (χ2n) is 14.6. The average Bonchev–Trinajstić information content (AvgIpc) is 3.79. The Balaban J connectivity index is 1.07. The van der Waals surface area contributed by atoms with Crippen molar-refractivity contribution < 1.29 is 0 Å². The highest BCUT2D eigenvalue weighted by Gasteiger charge is 2.22. The number of aromatic nitrogens is 6. The molecule has 0 aliphatic heterocycles. The van der Waals surface area contributed by atoms with Crippen LogP contribution in [0.5, 0.6) is 0 Å². The molecule has 0 saturated heterocycles. The molecule has 0 spiro atoms. The fourth-order valence-electron chi connectivity index (χ4n) is 9.05. The van der Waals surface area contributed by atoms with Crippen molar-refractivity contribution in [3.63, 3.8) is 0 Å². The number of hydrogen-bond donors (Lipinski definition) is 0. The van der Waals surface area contributed by atoms with E-state index in [1.165, 1.54) is 38.1 Å². The molecule has 5 heterocycles. The highest BCUT2D eigenvalue weighted by molar-refractivity contribution is 6.12. The van der Waals surface area contributed by atoms with E-state index in [0.29, 0.717) is 0 Å². The number of rotatable bonds is 4. The smallest absolute Gasteiger partial charge is 0.0976 e. The maximum atomic E-state index is 5.61. The molecule has 0 fully saturated rings. The zero-order valence-electron chi connectivity index (χ0n) is 30.3. The molecule has 6 nitrogen and oxygen atoms in total. The third-order valence-corrected chi connectivity index (χ3v) is 11.6. The quantitative estimate of drug-likeness (QED) is 0.170. The first-order valence-electron chi connectivity index (χ1n) is 19.1. The maximum Gasteiger partial charge on any atom is 0.0976 e. The molecular weight excluding hydrogens is 685 g/mol. The number of allylic oxidation sites excluding steroid dienone is 1. The van der Waals surface area contributed by atoms with Crippen LogP contribution in [-0.2, 0) is 6.42 Å². The Morgan fingerprint density at radius 1 is 0.429 bits per heavy atom. The molecule has 0 bridgehead atoms. The Labute approximate surface area is 321 Å². The van der Waals surface area contributed by atoms with Gasteiger partial charge in [0.25, 0.3) is 0 Å².